The van der Waals surface area contributed by atoms with Crippen molar-refractivity contribution in [1.29, 1.82) is 0 Å². The van der Waals surface area contributed by atoms with Crippen LogP contribution in [-0.4, -0.2) is 27.9 Å². The molecule has 1 aromatic carbocycles. The Kier molecular flexibility index (Phi) is 5.32. The summed E-state index contributed by atoms with van der Waals surface area (Å²) in [7, 11) is 0. The first-order valence-corrected chi connectivity index (χ1v) is 9.53. The van der Waals surface area contributed by atoms with E-state index in [0.717, 1.165) is 17.7 Å². The topological polar surface area (TPSA) is 57.1 Å². The highest BCUT2D eigenvalue weighted by Gasteiger charge is 2.40. The number of nitrogens with zero attached hydrogens (tertiary/aromatic N) is 3. The zero-order valence-electron chi connectivity index (χ0n) is 16.5. The largest absolute Gasteiger partial charge is 0.573 e. The van der Waals surface area contributed by atoms with Gasteiger partial charge in [0.2, 0.25) is 5.88 Å². The van der Waals surface area contributed by atoms with Gasteiger partial charge in [-0.25, -0.2) is 4.98 Å². The quantitative estimate of drug-likeness (QED) is 0.551. The van der Waals surface area contributed by atoms with Crippen molar-refractivity contribution in [2.24, 2.45) is 5.92 Å². The number of pyridine rings is 1. The molecule has 30 heavy (non-hydrogen) atoms. The monoisotopic (exact) mass is 415 g/mol. The zero-order valence-corrected chi connectivity index (χ0v) is 16.5. The van der Waals surface area contributed by atoms with Crippen molar-refractivity contribution in [3.8, 4) is 22.8 Å². The maximum Gasteiger partial charge on any atom is 0.573 e. The molecule has 1 aliphatic rings. The van der Waals surface area contributed by atoms with E-state index in [9.17, 15) is 13.2 Å². The fourth-order valence-corrected chi connectivity index (χ4v) is 3.30. The van der Waals surface area contributed by atoms with Crippen LogP contribution in [0.25, 0.3) is 11.1 Å². The predicted molar refractivity (Wildman–Crippen MR) is 104 cm³/mol. The third-order valence-corrected chi connectivity index (χ3v) is 4.92. The van der Waals surface area contributed by atoms with Crippen LogP contribution in [0.5, 0.6) is 11.6 Å². The summed E-state index contributed by atoms with van der Waals surface area (Å²) in [5.41, 5.74) is 3.16. The van der Waals surface area contributed by atoms with Gasteiger partial charge in [0.05, 0.1) is 12.2 Å². The van der Waals surface area contributed by atoms with Crippen LogP contribution < -0.4 is 9.47 Å². The fourth-order valence-electron chi connectivity index (χ4n) is 3.30. The van der Waals surface area contributed by atoms with Gasteiger partial charge in [-0.2, -0.15) is 4.98 Å². The van der Waals surface area contributed by atoms with E-state index in [2.05, 4.69) is 19.7 Å². The molecule has 8 heteroatoms. The highest BCUT2D eigenvalue weighted by atomic mass is 19.4. The lowest BCUT2D eigenvalue weighted by Crippen LogP contribution is -2.17. The molecule has 0 spiro atoms. The molecule has 1 aliphatic carbocycles. The van der Waals surface area contributed by atoms with Crippen LogP contribution >= 0.6 is 0 Å². The van der Waals surface area contributed by atoms with Gasteiger partial charge in [-0.1, -0.05) is 18.2 Å². The number of alkyl halides is 3. The summed E-state index contributed by atoms with van der Waals surface area (Å²) < 4.78 is 47.6. The number of halogens is 3. The minimum atomic E-state index is -4.76. The fraction of sp³-hybridized carbons (Fsp3) is 0.318. The summed E-state index contributed by atoms with van der Waals surface area (Å²) in [6.45, 7) is 4.18. The van der Waals surface area contributed by atoms with Gasteiger partial charge < -0.3 is 9.47 Å². The minimum absolute atomic E-state index is 0.306. The molecule has 0 N–H and O–H groups in total. The Morgan fingerprint density at radius 2 is 1.90 bits per heavy atom. The first kappa shape index (κ1) is 20.1. The number of hydrogen-bond acceptors (Lipinski definition) is 5. The molecule has 0 bridgehead atoms. The van der Waals surface area contributed by atoms with E-state index >= 15 is 0 Å². The number of rotatable bonds is 6. The molecule has 0 amide bonds. The summed E-state index contributed by atoms with van der Waals surface area (Å²) in [4.78, 5) is 13.0. The van der Waals surface area contributed by atoms with E-state index in [0.29, 0.717) is 41.3 Å². The molecule has 2 heterocycles. The van der Waals surface area contributed by atoms with Gasteiger partial charge in [0.25, 0.3) is 0 Å². The van der Waals surface area contributed by atoms with E-state index < -0.39 is 6.36 Å². The van der Waals surface area contributed by atoms with Crippen LogP contribution in [0.15, 0.2) is 48.8 Å². The van der Waals surface area contributed by atoms with Crippen molar-refractivity contribution in [2.75, 3.05) is 6.61 Å². The molecule has 1 fully saturated rings. The van der Waals surface area contributed by atoms with Gasteiger partial charge in [0.1, 0.15) is 11.6 Å². The van der Waals surface area contributed by atoms with Gasteiger partial charge in [-0.15, -0.1) is 13.2 Å². The minimum Gasteiger partial charge on any atom is -0.477 e. The van der Waals surface area contributed by atoms with Crippen molar-refractivity contribution in [3.05, 3.63) is 65.9 Å². The lowest BCUT2D eigenvalue weighted by atomic mass is 10.1. The molecule has 0 radical (unpaired) electrons. The first-order chi connectivity index (χ1) is 14.3. The van der Waals surface area contributed by atoms with Crippen LogP contribution in [0, 0.1) is 19.8 Å². The van der Waals surface area contributed by atoms with E-state index in [1.165, 1.54) is 18.2 Å². The van der Waals surface area contributed by atoms with E-state index in [-0.39, 0.29) is 5.75 Å². The Hall–Kier alpha value is -3.16. The summed E-state index contributed by atoms with van der Waals surface area (Å²) in [5.74, 6) is 1.22. The standard InChI is InChI=1S/C22H20F3N3O2/c1-13-6-7-20(27-10-13)18-9-16(18)12-29-21-19(11-26-14(2)28-21)15-4-3-5-17(8-15)30-22(23,24)25/h3-8,10-11,16,18H,9,12H2,1-2H3/t16-,18+/m1/s1. The Balaban J connectivity index is 1.49. The normalized spacial score (nSPS) is 18.2. The summed E-state index contributed by atoms with van der Waals surface area (Å²) >= 11 is 0. The third kappa shape index (κ3) is 4.87. The summed E-state index contributed by atoms with van der Waals surface area (Å²) in [6.07, 6.45) is -0.374. The highest BCUT2D eigenvalue weighted by molar-refractivity contribution is 5.69. The summed E-state index contributed by atoms with van der Waals surface area (Å²) in [5, 5.41) is 0. The lowest BCUT2D eigenvalue weighted by Gasteiger charge is -2.13. The third-order valence-electron chi connectivity index (χ3n) is 4.92. The van der Waals surface area contributed by atoms with Gasteiger partial charge in [-0.3, -0.25) is 4.98 Å². The second kappa shape index (κ2) is 7.93. The first-order valence-electron chi connectivity index (χ1n) is 9.53. The molecule has 2 aromatic heterocycles. The van der Waals surface area contributed by atoms with Crippen molar-refractivity contribution >= 4 is 0 Å². The molecule has 0 saturated heterocycles. The zero-order chi connectivity index (χ0) is 21.3. The Morgan fingerprint density at radius 3 is 2.63 bits per heavy atom. The molecule has 4 rings (SSSR count). The molecule has 5 nitrogen and oxygen atoms in total. The lowest BCUT2D eigenvalue weighted by molar-refractivity contribution is -0.274. The summed E-state index contributed by atoms with van der Waals surface area (Å²) in [6, 6.07) is 9.77. The van der Waals surface area contributed by atoms with Gasteiger partial charge in [-0.05, 0) is 49.6 Å². The maximum absolute atomic E-state index is 12.5. The van der Waals surface area contributed by atoms with Crippen LogP contribution in [-0.2, 0) is 0 Å². The van der Waals surface area contributed by atoms with Gasteiger partial charge >= 0.3 is 6.36 Å². The molecular formula is C22H20F3N3O2. The maximum atomic E-state index is 12.5. The van der Waals surface area contributed by atoms with Crippen LogP contribution in [0.2, 0.25) is 0 Å². The number of benzene rings is 1. The van der Waals surface area contributed by atoms with Crippen molar-refractivity contribution < 1.29 is 22.6 Å². The molecular weight excluding hydrogens is 395 g/mol. The Labute approximate surface area is 171 Å². The van der Waals surface area contributed by atoms with Crippen molar-refractivity contribution in [3.63, 3.8) is 0 Å². The Morgan fingerprint density at radius 1 is 1.07 bits per heavy atom. The molecule has 0 unspecified atom stereocenters. The molecule has 2 atom stereocenters. The van der Waals surface area contributed by atoms with Gasteiger partial charge in [0, 0.05) is 29.9 Å². The van der Waals surface area contributed by atoms with Crippen LogP contribution in [0.3, 0.4) is 0 Å². The number of aromatic nitrogens is 3. The van der Waals surface area contributed by atoms with Crippen LogP contribution in [0.4, 0.5) is 13.2 Å². The van der Waals surface area contributed by atoms with E-state index in [1.807, 2.05) is 25.3 Å². The average Bonchev–Trinajstić information content (AvgIpc) is 3.45. The second-order valence-corrected chi connectivity index (χ2v) is 7.39. The van der Waals surface area contributed by atoms with E-state index in [1.54, 1.807) is 19.2 Å². The van der Waals surface area contributed by atoms with E-state index in [4.69, 9.17) is 4.74 Å². The van der Waals surface area contributed by atoms with Crippen molar-refractivity contribution in [1.82, 2.24) is 15.0 Å². The molecule has 3 aromatic rings. The van der Waals surface area contributed by atoms with Crippen molar-refractivity contribution in [2.45, 2.75) is 32.5 Å². The molecule has 0 aliphatic heterocycles. The molecule has 156 valence electrons. The number of hydrogen-bond donors (Lipinski definition) is 0. The predicted octanol–water partition coefficient (Wildman–Crippen LogP) is 5.24. The van der Waals surface area contributed by atoms with Gasteiger partial charge in [0.15, 0.2) is 0 Å². The van der Waals surface area contributed by atoms with Crippen LogP contribution in [0.1, 0.15) is 29.4 Å². The Bertz CT molecular complexity index is 1040. The SMILES string of the molecule is Cc1ccc([C@H]2C[C@@H]2COc2nc(C)ncc2-c2cccc(OC(F)(F)F)c2)nc1. The highest BCUT2D eigenvalue weighted by Crippen LogP contribution is 2.47. The average molecular weight is 415 g/mol. The smallest absolute Gasteiger partial charge is 0.477 e. The molecule has 1 saturated carbocycles. The second-order valence-electron chi connectivity index (χ2n) is 7.39. The number of aryl methyl sites for hydroxylation is 2. The number of ether oxygens (including phenoxy) is 2.